The van der Waals surface area contributed by atoms with E-state index < -0.39 is 0 Å². The number of rotatable bonds is 3. The van der Waals surface area contributed by atoms with Crippen molar-refractivity contribution in [2.24, 2.45) is 0 Å². The lowest BCUT2D eigenvalue weighted by molar-refractivity contribution is 0.389. The zero-order valence-electron chi connectivity index (χ0n) is 10.4. The third-order valence-electron chi connectivity index (χ3n) is 3.46. The lowest BCUT2D eigenvalue weighted by Crippen LogP contribution is -2.14. The van der Waals surface area contributed by atoms with Crippen LogP contribution in [-0.2, 0) is 0 Å². The first kappa shape index (κ1) is 12.6. The van der Waals surface area contributed by atoms with E-state index in [1.807, 2.05) is 6.07 Å². The van der Waals surface area contributed by atoms with Gasteiger partial charge in [-0.1, -0.05) is 6.42 Å². The molecule has 0 aromatic heterocycles. The molecule has 0 amide bonds. The summed E-state index contributed by atoms with van der Waals surface area (Å²) in [4.78, 5) is 0. The summed E-state index contributed by atoms with van der Waals surface area (Å²) in [5.74, 6) is 2.25. The second kappa shape index (κ2) is 5.63. The fourth-order valence-electron chi connectivity index (χ4n) is 2.50. The van der Waals surface area contributed by atoms with Crippen LogP contribution < -0.4 is 9.47 Å². The molecule has 1 saturated carbocycles. The Labute approximate surface area is 108 Å². The molecule has 1 aliphatic carbocycles. The van der Waals surface area contributed by atoms with Crippen LogP contribution in [0.1, 0.15) is 37.2 Å². The van der Waals surface area contributed by atoms with E-state index in [1.54, 1.807) is 14.2 Å². The standard InChI is InChI=1S/C14H19ClO2/c1-16-13-7-11(8-14(9-13)17-2)10-4-3-5-12(15)6-10/h7-10,12H,3-6H2,1-2H3. The predicted octanol–water partition coefficient (Wildman–Crippen LogP) is 3.97. The van der Waals surface area contributed by atoms with Crippen molar-refractivity contribution < 1.29 is 9.47 Å². The number of alkyl halides is 1. The highest BCUT2D eigenvalue weighted by Crippen LogP contribution is 2.38. The smallest absolute Gasteiger partial charge is 0.122 e. The van der Waals surface area contributed by atoms with Gasteiger partial charge in [0.25, 0.3) is 0 Å². The van der Waals surface area contributed by atoms with Crippen molar-refractivity contribution in [3.05, 3.63) is 23.8 Å². The van der Waals surface area contributed by atoms with E-state index in [2.05, 4.69) is 12.1 Å². The van der Waals surface area contributed by atoms with Crippen LogP contribution in [0.2, 0.25) is 0 Å². The van der Waals surface area contributed by atoms with Crippen molar-refractivity contribution in [3.8, 4) is 11.5 Å². The number of halogens is 1. The second-order valence-corrected chi connectivity index (χ2v) is 5.22. The molecule has 0 N–H and O–H groups in total. The van der Waals surface area contributed by atoms with E-state index in [9.17, 15) is 0 Å². The highest BCUT2D eigenvalue weighted by Gasteiger charge is 2.22. The zero-order chi connectivity index (χ0) is 12.3. The van der Waals surface area contributed by atoms with Crippen LogP contribution in [0.15, 0.2) is 18.2 Å². The number of ether oxygens (including phenoxy) is 2. The van der Waals surface area contributed by atoms with Crippen LogP contribution >= 0.6 is 11.6 Å². The minimum Gasteiger partial charge on any atom is -0.497 e. The molecular formula is C14H19ClO2. The molecule has 0 bridgehead atoms. The maximum atomic E-state index is 6.25. The summed E-state index contributed by atoms with van der Waals surface area (Å²) in [7, 11) is 3.37. The van der Waals surface area contributed by atoms with E-state index in [0.29, 0.717) is 11.3 Å². The summed E-state index contributed by atoms with van der Waals surface area (Å²) in [6.07, 6.45) is 4.61. The molecular weight excluding hydrogens is 236 g/mol. The molecule has 2 nitrogen and oxygen atoms in total. The molecule has 2 rings (SSSR count). The van der Waals surface area contributed by atoms with Gasteiger partial charge in [0.1, 0.15) is 11.5 Å². The van der Waals surface area contributed by atoms with Crippen molar-refractivity contribution in [2.75, 3.05) is 14.2 Å². The summed E-state index contributed by atoms with van der Waals surface area (Å²) >= 11 is 6.25. The Bertz CT molecular complexity index is 356. The van der Waals surface area contributed by atoms with E-state index in [0.717, 1.165) is 24.3 Å². The summed E-state index contributed by atoms with van der Waals surface area (Å²) < 4.78 is 10.6. The number of hydrogen-bond acceptors (Lipinski definition) is 2. The van der Waals surface area contributed by atoms with Gasteiger partial charge in [0.15, 0.2) is 0 Å². The van der Waals surface area contributed by atoms with Gasteiger partial charge in [-0.2, -0.15) is 0 Å². The Morgan fingerprint density at radius 1 is 1.06 bits per heavy atom. The molecule has 94 valence electrons. The monoisotopic (exact) mass is 254 g/mol. The van der Waals surface area contributed by atoms with Crippen molar-refractivity contribution in [3.63, 3.8) is 0 Å². The average molecular weight is 255 g/mol. The molecule has 1 aromatic carbocycles. The minimum atomic E-state index is 0.311. The minimum absolute atomic E-state index is 0.311. The zero-order valence-corrected chi connectivity index (χ0v) is 11.2. The fraction of sp³-hybridized carbons (Fsp3) is 0.571. The number of hydrogen-bond donors (Lipinski definition) is 0. The highest BCUT2D eigenvalue weighted by atomic mass is 35.5. The van der Waals surface area contributed by atoms with Crippen LogP contribution in [0.25, 0.3) is 0 Å². The maximum absolute atomic E-state index is 6.25. The van der Waals surface area contributed by atoms with Crippen molar-refractivity contribution in [1.29, 1.82) is 0 Å². The van der Waals surface area contributed by atoms with Gasteiger partial charge >= 0.3 is 0 Å². The van der Waals surface area contributed by atoms with Gasteiger partial charge < -0.3 is 9.47 Å². The fourth-order valence-corrected chi connectivity index (χ4v) is 2.87. The second-order valence-electron chi connectivity index (χ2n) is 4.61. The van der Waals surface area contributed by atoms with Crippen molar-refractivity contribution in [1.82, 2.24) is 0 Å². The van der Waals surface area contributed by atoms with Gasteiger partial charge in [-0.15, -0.1) is 11.6 Å². The molecule has 2 unspecified atom stereocenters. The molecule has 3 heteroatoms. The molecule has 0 spiro atoms. The Morgan fingerprint density at radius 3 is 2.24 bits per heavy atom. The Hall–Kier alpha value is -0.890. The first-order valence-corrected chi connectivity index (χ1v) is 6.53. The largest absolute Gasteiger partial charge is 0.497 e. The quantitative estimate of drug-likeness (QED) is 0.760. The number of benzene rings is 1. The third-order valence-corrected chi connectivity index (χ3v) is 3.85. The normalized spacial score (nSPS) is 24.4. The molecule has 2 atom stereocenters. The summed E-state index contributed by atoms with van der Waals surface area (Å²) in [5, 5.41) is 0.311. The highest BCUT2D eigenvalue weighted by molar-refractivity contribution is 6.20. The van der Waals surface area contributed by atoms with E-state index in [-0.39, 0.29) is 0 Å². The first-order valence-electron chi connectivity index (χ1n) is 6.10. The van der Waals surface area contributed by atoms with Gasteiger partial charge in [0, 0.05) is 11.4 Å². The van der Waals surface area contributed by atoms with E-state index in [4.69, 9.17) is 21.1 Å². The van der Waals surface area contributed by atoms with Crippen molar-refractivity contribution >= 4 is 11.6 Å². The first-order chi connectivity index (χ1) is 8.22. The van der Waals surface area contributed by atoms with Gasteiger partial charge in [-0.3, -0.25) is 0 Å². The summed E-state index contributed by atoms with van der Waals surface area (Å²) in [5.41, 5.74) is 1.28. The Balaban J connectivity index is 2.23. The molecule has 1 aliphatic rings. The SMILES string of the molecule is COc1cc(OC)cc(C2CCCC(Cl)C2)c1. The molecule has 0 saturated heterocycles. The average Bonchev–Trinajstić information content (AvgIpc) is 2.38. The van der Waals surface area contributed by atoms with Crippen LogP contribution in [0.3, 0.4) is 0 Å². The Kier molecular flexibility index (Phi) is 4.16. The topological polar surface area (TPSA) is 18.5 Å². The summed E-state index contributed by atoms with van der Waals surface area (Å²) in [6.45, 7) is 0. The maximum Gasteiger partial charge on any atom is 0.122 e. The van der Waals surface area contributed by atoms with Gasteiger partial charge in [0.2, 0.25) is 0 Å². The van der Waals surface area contributed by atoms with Crippen LogP contribution in [0.5, 0.6) is 11.5 Å². The molecule has 17 heavy (non-hydrogen) atoms. The number of methoxy groups -OCH3 is 2. The van der Waals surface area contributed by atoms with Gasteiger partial charge in [-0.05, 0) is 42.9 Å². The molecule has 1 aromatic rings. The van der Waals surface area contributed by atoms with Crippen LogP contribution in [-0.4, -0.2) is 19.6 Å². The molecule has 0 aliphatic heterocycles. The van der Waals surface area contributed by atoms with E-state index in [1.165, 1.54) is 18.4 Å². The predicted molar refractivity (Wildman–Crippen MR) is 70.4 cm³/mol. The Morgan fingerprint density at radius 2 is 1.71 bits per heavy atom. The van der Waals surface area contributed by atoms with Gasteiger partial charge in [0.05, 0.1) is 14.2 Å². The molecule has 0 heterocycles. The molecule has 1 fully saturated rings. The van der Waals surface area contributed by atoms with Gasteiger partial charge in [-0.25, -0.2) is 0 Å². The molecule has 0 radical (unpaired) electrons. The van der Waals surface area contributed by atoms with E-state index >= 15 is 0 Å². The summed E-state index contributed by atoms with van der Waals surface area (Å²) in [6, 6.07) is 6.11. The van der Waals surface area contributed by atoms with Crippen LogP contribution in [0.4, 0.5) is 0 Å². The lowest BCUT2D eigenvalue weighted by Gasteiger charge is -2.26. The van der Waals surface area contributed by atoms with Crippen molar-refractivity contribution in [2.45, 2.75) is 37.0 Å². The van der Waals surface area contributed by atoms with Crippen LogP contribution in [0, 0.1) is 0 Å². The lowest BCUT2D eigenvalue weighted by atomic mass is 9.83. The third kappa shape index (κ3) is 3.06.